The second kappa shape index (κ2) is 8.06. The molecule has 107 valence electrons. The topological polar surface area (TPSA) is 109 Å². The van der Waals surface area contributed by atoms with E-state index in [2.05, 4.69) is 5.32 Å². The number of nitrogens with two attached hydrogens (primary N) is 1. The van der Waals surface area contributed by atoms with Gasteiger partial charge in [0.25, 0.3) is 0 Å². The van der Waals surface area contributed by atoms with Crippen LogP contribution in [-0.4, -0.2) is 35.4 Å². The number of hydrogen-bond acceptors (Lipinski definition) is 4. The van der Waals surface area contributed by atoms with Crippen LogP contribution in [0.15, 0.2) is 30.3 Å². The van der Waals surface area contributed by atoms with Gasteiger partial charge in [-0.05, 0) is 12.0 Å². The Labute approximate surface area is 117 Å². The maximum absolute atomic E-state index is 11.6. The van der Waals surface area contributed by atoms with Crippen molar-refractivity contribution in [3.05, 3.63) is 35.9 Å². The van der Waals surface area contributed by atoms with E-state index in [-0.39, 0.29) is 12.8 Å². The van der Waals surface area contributed by atoms with Gasteiger partial charge in [-0.3, -0.25) is 14.4 Å². The largest absolute Gasteiger partial charge is 0.480 e. The fourth-order valence-electron chi connectivity index (χ4n) is 1.65. The minimum atomic E-state index is -1.15. The molecule has 6 nitrogen and oxygen atoms in total. The Bertz CT molecular complexity index is 462. The third-order valence-corrected chi connectivity index (χ3v) is 2.76. The van der Waals surface area contributed by atoms with Crippen LogP contribution in [-0.2, 0) is 20.8 Å². The summed E-state index contributed by atoms with van der Waals surface area (Å²) in [5, 5.41) is 11.1. The Morgan fingerprint density at radius 1 is 1.30 bits per heavy atom. The lowest BCUT2D eigenvalue weighted by atomic mass is 10.1. The van der Waals surface area contributed by atoms with Gasteiger partial charge in [0.1, 0.15) is 6.04 Å². The lowest BCUT2D eigenvalue weighted by Crippen LogP contribution is -2.39. The number of amides is 1. The Balaban J connectivity index is 2.42. The van der Waals surface area contributed by atoms with E-state index in [1.54, 1.807) is 6.29 Å². The highest BCUT2D eigenvalue weighted by atomic mass is 16.4. The van der Waals surface area contributed by atoms with E-state index in [1.165, 1.54) is 0 Å². The average molecular weight is 277 g/mol. The highest BCUT2D eigenvalue weighted by molar-refractivity contribution is 5.81. The molecule has 0 aliphatic rings. The predicted molar refractivity (Wildman–Crippen MR) is 72.6 cm³/mol. The van der Waals surface area contributed by atoms with Crippen molar-refractivity contribution in [3.8, 4) is 0 Å². The molecule has 4 N–H and O–H groups in total. The standard InChI is InChI=1S/C14H17N2O4/c15-12(14(19)20)6-7-13(18)16-11(9-17)8-10-4-2-1-3-5-10/h1-5,11-12H,6-8,15H2,(H,16,18)(H,19,20)/t11-,12-/m0/s1. The van der Waals surface area contributed by atoms with Crippen molar-refractivity contribution in [2.75, 3.05) is 0 Å². The number of benzene rings is 1. The Morgan fingerprint density at radius 2 is 1.95 bits per heavy atom. The molecule has 1 radical (unpaired) electrons. The zero-order valence-electron chi connectivity index (χ0n) is 10.9. The van der Waals surface area contributed by atoms with Crippen LogP contribution in [0.1, 0.15) is 18.4 Å². The van der Waals surface area contributed by atoms with Gasteiger partial charge in [-0.25, -0.2) is 0 Å². The van der Waals surface area contributed by atoms with E-state index in [1.807, 2.05) is 30.3 Å². The van der Waals surface area contributed by atoms with Crippen LogP contribution in [0, 0.1) is 0 Å². The van der Waals surface area contributed by atoms with E-state index < -0.39 is 24.0 Å². The third kappa shape index (κ3) is 5.62. The van der Waals surface area contributed by atoms with Gasteiger partial charge in [-0.1, -0.05) is 30.3 Å². The van der Waals surface area contributed by atoms with Crippen molar-refractivity contribution >= 4 is 18.2 Å². The first-order chi connectivity index (χ1) is 9.52. The summed E-state index contributed by atoms with van der Waals surface area (Å²) >= 11 is 0. The molecule has 0 saturated heterocycles. The molecule has 0 unspecified atom stereocenters. The van der Waals surface area contributed by atoms with Gasteiger partial charge < -0.3 is 16.2 Å². The lowest BCUT2D eigenvalue weighted by molar-refractivity contribution is -0.138. The Hall–Kier alpha value is -2.21. The van der Waals surface area contributed by atoms with Crippen molar-refractivity contribution in [2.45, 2.75) is 31.3 Å². The van der Waals surface area contributed by atoms with Crippen molar-refractivity contribution in [1.82, 2.24) is 5.32 Å². The van der Waals surface area contributed by atoms with Gasteiger partial charge >= 0.3 is 5.97 Å². The summed E-state index contributed by atoms with van der Waals surface area (Å²) in [6.45, 7) is 0. The summed E-state index contributed by atoms with van der Waals surface area (Å²) in [4.78, 5) is 32.9. The fraction of sp³-hybridized carbons (Fsp3) is 0.357. The van der Waals surface area contributed by atoms with Gasteiger partial charge in [0, 0.05) is 12.8 Å². The Morgan fingerprint density at radius 3 is 2.50 bits per heavy atom. The third-order valence-electron chi connectivity index (χ3n) is 2.76. The number of rotatable bonds is 8. The molecule has 0 heterocycles. The van der Waals surface area contributed by atoms with Crippen LogP contribution >= 0.6 is 0 Å². The molecular formula is C14H17N2O4. The van der Waals surface area contributed by atoms with Crippen molar-refractivity contribution < 1.29 is 19.5 Å². The summed E-state index contributed by atoms with van der Waals surface area (Å²) in [6.07, 6.45) is 2.10. The first kappa shape index (κ1) is 15.8. The summed E-state index contributed by atoms with van der Waals surface area (Å²) < 4.78 is 0. The van der Waals surface area contributed by atoms with Crippen LogP contribution < -0.4 is 11.1 Å². The summed E-state index contributed by atoms with van der Waals surface area (Å²) in [5.41, 5.74) is 6.20. The van der Waals surface area contributed by atoms with Crippen LogP contribution in [0.4, 0.5) is 0 Å². The molecule has 1 rings (SSSR count). The fourth-order valence-corrected chi connectivity index (χ4v) is 1.65. The molecule has 0 aliphatic heterocycles. The van der Waals surface area contributed by atoms with E-state index >= 15 is 0 Å². The Kier molecular flexibility index (Phi) is 6.39. The molecule has 0 fully saturated rings. The molecule has 0 aromatic heterocycles. The first-order valence-electron chi connectivity index (χ1n) is 6.22. The van der Waals surface area contributed by atoms with Gasteiger partial charge in [-0.15, -0.1) is 0 Å². The summed E-state index contributed by atoms with van der Waals surface area (Å²) in [7, 11) is 0. The van der Waals surface area contributed by atoms with E-state index in [9.17, 15) is 14.4 Å². The lowest BCUT2D eigenvalue weighted by Gasteiger charge is -2.13. The number of nitrogens with one attached hydrogen (secondary N) is 1. The number of aliphatic carboxylic acids is 1. The van der Waals surface area contributed by atoms with Crippen molar-refractivity contribution in [2.24, 2.45) is 5.73 Å². The highest BCUT2D eigenvalue weighted by Gasteiger charge is 2.16. The van der Waals surface area contributed by atoms with Crippen molar-refractivity contribution in [3.63, 3.8) is 0 Å². The van der Waals surface area contributed by atoms with Gasteiger partial charge in [-0.2, -0.15) is 0 Å². The molecule has 6 heteroatoms. The van der Waals surface area contributed by atoms with Crippen LogP contribution in [0.3, 0.4) is 0 Å². The summed E-state index contributed by atoms with van der Waals surface area (Å²) in [6, 6.07) is 7.40. The zero-order valence-corrected chi connectivity index (χ0v) is 10.9. The SMILES string of the molecule is N[C@@H](CCC(=O)N[C@H]([C]=O)Cc1ccccc1)C(=O)O. The molecular weight excluding hydrogens is 260 g/mol. The quantitative estimate of drug-likeness (QED) is 0.620. The number of carbonyl (C=O) groups is 2. The predicted octanol–water partition coefficient (Wildman–Crippen LogP) is 0.0157. The highest BCUT2D eigenvalue weighted by Crippen LogP contribution is 2.03. The van der Waals surface area contributed by atoms with Gasteiger partial charge in [0.15, 0.2) is 0 Å². The van der Waals surface area contributed by atoms with Crippen LogP contribution in [0.2, 0.25) is 0 Å². The molecule has 1 aromatic carbocycles. The first-order valence-corrected chi connectivity index (χ1v) is 6.22. The number of carboxylic acids is 1. The maximum atomic E-state index is 11.6. The maximum Gasteiger partial charge on any atom is 0.320 e. The molecule has 0 aliphatic carbocycles. The molecule has 0 saturated carbocycles. The van der Waals surface area contributed by atoms with E-state index in [4.69, 9.17) is 10.8 Å². The monoisotopic (exact) mass is 277 g/mol. The molecule has 0 spiro atoms. The normalized spacial score (nSPS) is 13.2. The van der Waals surface area contributed by atoms with Gasteiger partial charge in [0.05, 0.1) is 6.04 Å². The number of carbonyl (C=O) groups excluding carboxylic acids is 2. The van der Waals surface area contributed by atoms with Crippen LogP contribution in [0.5, 0.6) is 0 Å². The summed E-state index contributed by atoms with van der Waals surface area (Å²) in [5.74, 6) is -1.56. The minimum Gasteiger partial charge on any atom is -0.480 e. The van der Waals surface area contributed by atoms with Crippen LogP contribution in [0.25, 0.3) is 0 Å². The number of hydrogen-bond donors (Lipinski definition) is 3. The minimum absolute atomic E-state index is 0.0259. The van der Waals surface area contributed by atoms with Crippen molar-refractivity contribution in [1.29, 1.82) is 0 Å². The number of carboxylic acid groups (broad SMARTS) is 1. The second-order valence-electron chi connectivity index (χ2n) is 4.41. The zero-order chi connectivity index (χ0) is 15.0. The van der Waals surface area contributed by atoms with E-state index in [0.29, 0.717) is 6.42 Å². The molecule has 20 heavy (non-hydrogen) atoms. The second-order valence-corrected chi connectivity index (χ2v) is 4.41. The average Bonchev–Trinajstić information content (AvgIpc) is 2.44. The molecule has 0 bridgehead atoms. The smallest absolute Gasteiger partial charge is 0.320 e. The van der Waals surface area contributed by atoms with Gasteiger partial charge in [0.2, 0.25) is 12.2 Å². The molecule has 1 aromatic rings. The van der Waals surface area contributed by atoms with E-state index in [0.717, 1.165) is 5.56 Å². The molecule has 1 amide bonds. The molecule has 2 atom stereocenters.